The average molecular weight is 338 g/mol. The van der Waals surface area contributed by atoms with Crippen LogP contribution in [0.15, 0.2) is 55.2 Å². The summed E-state index contributed by atoms with van der Waals surface area (Å²) < 4.78 is 12.3. The summed E-state index contributed by atoms with van der Waals surface area (Å²) in [7, 11) is 3.18. The maximum Gasteiger partial charge on any atom is 0.251 e. The standard InChI is InChI=1S/C18H18N4O3/c1-24-15-4-3-14(16(10-15)25-2)11-21-18(23)13-5-6-20-17(9-13)22-8-7-19-12-22/h3-10,12H,11H2,1-2H3,(H,21,23). The van der Waals surface area contributed by atoms with E-state index in [1.54, 1.807) is 61.9 Å². The van der Waals surface area contributed by atoms with Crippen LogP contribution in [0.4, 0.5) is 0 Å². The summed E-state index contributed by atoms with van der Waals surface area (Å²) in [4.78, 5) is 20.7. The fourth-order valence-electron chi connectivity index (χ4n) is 2.37. The zero-order chi connectivity index (χ0) is 17.6. The fourth-order valence-corrected chi connectivity index (χ4v) is 2.37. The molecular weight excluding hydrogens is 320 g/mol. The van der Waals surface area contributed by atoms with Gasteiger partial charge in [0.25, 0.3) is 5.91 Å². The van der Waals surface area contributed by atoms with Crippen LogP contribution < -0.4 is 14.8 Å². The van der Waals surface area contributed by atoms with Gasteiger partial charge in [-0.1, -0.05) is 0 Å². The predicted molar refractivity (Wildman–Crippen MR) is 92.1 cm³/mol. The molecule has 0 bridgehead atoms. The highest BCUT2D eigenvalue weighted by Gasteiger charge is 2.10. The molecule has 7 heteroatoms. The SMILES string of the molecule is COc1ccc(CNC(=O)c2ccnc(-n3ccnc3)c2)c(OC)c1. The van der Waals surface area contributed by atoms with Gasteiger partial charge in [-0.05, 0) is 24.3 Å². The van der Waals surface area contributed by atoms with E-state index >= 15 is 0 Å². The molecule has 2 aromatic heterocycles. The molecule has 0 aliphatic heterocycles. The Morgan fingerprint density at radius 2 is 2.04 bits per heavy atom. The molecule has 0 saturated carbocycles. The molecule has 7 nitrogen and oxygen atoms in total. The highest BCUT2D eigenvalue weighted by molar-refractivity contribution is 5.94. The lowest BCUT2D eigenvalue weighted by Crippen LogP contribution is -2.23. The molecule has 0 aliphatic carbocycles. The van der Waals surface area contributed by atoms with Gasteiger partial charge in [-0.3, -0.25) is 9.36 Å². The molecule has 0 saturated heterocycles. The van der Waals surface area contributed by atoms with Crippen molar-refractivity contribution in [2.45, 2.75) is 6.54 Å². The van der Waals surface area contributed by atoms with Gasteiger partial charge in [0, 0.05) is 42.3 Å². The van der Waals surface area contributed by atoms with Gasteiger partial charge in [0.1, 0.15) is 23.6 Å². The van der Waals surface area contributed by atoms with Crippen LogP contribution in [0.2, 0.25) is 0 Å². The van der Waals surface area contributed by atoms with Crippen molar-refractivity contribution in [1.82, 2.24) is 19.9 Å². The lowest BCUT2D eigenvalue weighted by molar-refractivity contribution is 0.0950. The summed E-state index contributed by atoms with van der Waals surface area (Å²) in [6.45, 7) is 0.342. The minimum absolute atomic E-state index is 0.193. The Morgan fingerprint density at radius 1 is 1.16 bits per heavy atom. The van der Waals surface area contributed by atoms with Crippen molar-refractivity contribution in [2.24, 2.45) is 0 Å². The van der Waals surface area contributed by atoms with Crippen molar-refractivity contribution in [3.05, 3.63) is 66.4 Å². The number of carbonyl (C=O) groups is 1. The first kappa shape index (κ1) is 16.5. The number of pyridine rings is 1. The van der Waals surface area contributed by atoms with Gasteiger partial charge >= 0.3 is 0 Å². The highest BCUT2D eigenvalue weighted by Crippen LogP contribution is 2.24. The van der Waals surface area contributed by atoms with E-state index in [0.717, 1.165) is 5.56 Å². The number of methoxy groups -OCH3 is 2. The largest absolute Gasteiger partial charge is 0.497 e. The van der Waals surface area contributed by atoms with E-state index in [2.05, 4.69) is 15.3 Å². The van der Waals surface area contributed by atoms with E-state index in [1.807, 2.05) is 12.1 Å². The van der Waals surface area contributed by atoms with Gasteiger partial charge in [0.2, 0.25) is 0 Å². The van der Waals surface area contributed by atoms with Crippen molar-refractivity contribution in [1.29, 1.82) is 0 Å². The van der Waals surface area contributed by atoms with E-state index in [1.165, 1.54) is 0 Å². The van der Waals surface area contributed by atoms with Crippen molar-refractivity contribution >= 4 is 5.91 Å². The first-order valence-corrected chi connectivity index (χ1v) is 7.64. The lowest BCUT2D eigenvalue weighted by Gasteiger charge is -2.11. The number of hydrogen-bond donors (Lipinski definition) is 1. The summed E-state index contributed by atoms with van der Waals surface area (Å²) in [5.41, 5.74) is 1.38. The second kappa shape index (κ2) is 7.48. The summed E-state index contributed by atoms with van der Waals surface area (Å²) in [6.07, 6.45) is 6.65. The smallest absolute Gasteiger partial charge is 0.251 e. The van der Waals surface area contributed by atoms with E-state index < -0.39 is 0 Å². The number of nitrogens with one attached hydrogen (secondary N) is 1. The van der Waals surface area contributed by atoms with E-state index in [9.17, 15) is 4.79 Å². The van der Waals surface area contributed by atoms with Crippen molar-refractivity contribution in [2.75, 3.05) is 14.2 Å². The Bertz CT molecular complexity index is 863. The molecule has 1 N–H and O–H groups in total. The summed E-state index contributed by atoms with van der Waals surface area (Å²) in [6, 6.07) is 8.85. The minimum Gasteiger partial charge on any atom is -0.497 e. The Balaban J connectivity index is 1.72. The van der Waals surface area contributed by atoms with Gasteiger partial charge in [0.15, 0.2) is 0 Å². The van der Waals surface area contributed by atoms with Gasteiger partial charge < -0.3 is 14.8 Å². The molecule has 25 heavy (non-hydrogen) atoms. The Morgan fingerprint density at radius 3 is 2.76 bits per heavy atom. The first-order valence-electron chi connectivity index (χ1n) is 7.64. The Hall–Kier alpha value is -3.35. The van der Waals surface area contributed by atoms with Crippen LogP contribution in [-0.4, -0.2) is 34.7 Å². The average Bonchev–Trinajstić information content (AvgIpc) is 3.21. The maximum absolute atomic E-state index is 12.4. The Kier molecular flexibility index (Phi) is 4.94. The minimum atomic E-state index is -0.193. The number of nitrogens with zero attached hydrogens (tertiary/aromatic N) is 3. The zero-order valence-corrected chi connectivity index (χ0v) is 14.0. The monoisotopic (exact) mass is 338 g/mol. The molecule has 0 atom stereocenters. The van der Waals surface area contributed by atoms with Gasteiger partial charge in [-0.15, -0.1) is 0 Å². The number of hydrogen-bond acceptors (Lipinski definition) is 5. The van der Waals surface area contributed by atoms with Crippen LogP contribution in [-0.2, 0) is 6.54 Å². The number of aromatic nitrogens is 3. The first-order chi connectivity index (χ1) is 12.2. The molecule has 2 heterocycles. The van der Waals surface area contributed by atoms with Crippen molar-refractivity contribution < 1.29 is 14.3 Å². The third-order valence-electron chi connectivity index (χ3n) is 3.71. The highest BCUT2D eigenvalue weighted by atomic mass is 16.5. The number of ether oxygens (including phenoxy) is 2. The molecule has 1 amide bonds. The molecule has 0 unspecified atom stereocenters. The zero-order valence-electron chi connectivity index (χ0n) is 14.0. The molecular formula is C18H18N4O3. The second-order valence-corrected chi connectivity index (χ2v) is 5.23. The normalized spacial score (nSPS) is 10.3. The van der Waals surface area contributed by atoms with Crippen LogP contribution in [0.25, 0.3) is 5.82 Å². The molecule has 0 radical (unpaired) electrons. The molecule has 1 aromatic carbocycles. The lowest BCUT2D eigenvalue weighted by atomic mass is 10.1. The van der Waals surface area contributed by atoms with Crippen LogP contribution >= 0.6 is 0 Å². The summed E-state index contributed by atoms with van der Waals surface area (Å²) in [5, 5.41) is 2.89. The van der Waals surface area contributed by atoms with Gasteiger partial charge in [-0.25, -0.2) is 9.97 Å². The summed E-state index contributed by atoms with van der Waals surface area (Å²) >= 11 is 0. The quantitative estimate of drug-likeness (QED) is 0.745. The van der Waals surface area contributed by atoms with Crippen LogP contribution in [0, 0.1) is 0 Å². The summed E-state index contributed by atoms with van der Waals surface area (Å²) in [5.74, 6) is 1.80. The van der Waals surface area contributed by atoms with E-state index in [0.29, 0.717) is 29.4 Å². The predicted octanol–water partition coefficient (Wildman–Crippen LogP) is 2.21. The molecule has 0 spiro atoms. The number of rotatable bonds is 6. The molecule has 0 fully saturated rings. The van der Waals surface area contributed by atoms with Gasteiger partial charge in [-0.2, -0.15) is 0 Å². The Labute approximate surface area is 145 Å². The van der Waals surface area contributed by atoms with Crippen LogP contribution in [0.5, 0.6) is 11.5 Å². The fraction of sp³-hybridized carbons (Fsp3) is 0.167. The van der Waals surface area contributed by atoms with Crippen LogP contribution in [0.3, 0.4) is 0 Å². The number of benzene rings is 1. The molecule has 128 valence electrons. The van der Waals surface area contributed by atoms with E-state index in [4.69, 9.17) is 9.47 Å². The molecule has 3 rings (SSSR count). The maximum atomic E-state index is 12.4. The molecule has 3 aromatic rings. The van der Waals surface area contributed by atoms with Gasteiger partial charge in [0.05, 0.1) is 14.2 Å². The number of imidazole rings is 1. The van der Waals surface area contributed by atoms with Crippen LogP contribution in [0.1, 0.15) is 15.9 Å². The third kappa shape index (κ3) is 3.77. The van der Waals surface area contributed by atoms with E-state index in [-0.39, 0.29) is 5.91 Å². The second-order valence-electron chi connectivity index (χ2n) is 5.23. The van der Waals surface area contributed by atoms with Crippen molar-refractivity contribution in [3.63, 3.8) is 0 Å². The topological polar surface area (TPSA) is 78.3 Å². The molecule has 0 aliphatic rings. The number of amides is 1. The number of carbonyl (C=O) groups excluding carboxylic acids is 1. The van der Waals surface area contributed by atoms with Crippen molar-refractivity contribution in [3.8, 4) is 17.3 Å². The third-order valence-corrected chi connectivity index (χ3v) is 3.71.